The first kappa shape index (κ1) is 29.9. The minimum atomic E-state index is -1.71. The van der Waals surface area contributed by atoms with Gasteiger partial charge in [0.15, 0.2) is 0 Å². The summed E-state index contributed by atoms with van der Waals surface area (Å²) in [6, 6.07) is 23.0. The van der Waals surface area contributed by atoms with Crippen LogP contribution in [0.5, 0.6) is 11.5 Å². The molecule has 0 aromatic heterocycles. The Balaban J connectivity index is 1.28. The van der Waals surface area contributed by atoms with Gasteiger partial charge in [0.2, 0.25) is 11.8 Å². The van der Waals surface area contributed by atoms with Crippen LogP contribution >= 0.6 is 0 Å². The molecule has 3 N–H and O–H groups in total. The lowest BCUT2D eigenvalue weighted by molar-refractivity contribution is -0.122. The molecule has 0 saturated carbocycles. The molecule has 4 atom stereocenters. The first-order valence-electron chi connectivity index (χ1n) is 15.2. The topological polar surface area (TPSA) is 117 Å². The van der Waals surface area contributed by atoms with Gasteiger partial charge in [0.1, 0.15) is 18.1 Å². The third-order valence-electron chi connectivity index (χ3n) is 9.04. The van der Waals surface area contributed by atoms with Crippen molar-refractivity contribution < 1.29 is 34.2 Å². The number of amides is 2. The first-order valence-corrected chi connectivity index (χ1v) is 15.2. The second kappa shape index (κ2) is 12.8. The molecule has 6 rings (SSSR count). The molecule has 0 unspecified atom stereocenters. The summed E-state index contributed by atoms with van der Waals surface area (Å²) in [5.74, 6) is -0.937. The number of ether oxygens (including phenoxy) is 2. The number of carbonyl (C=O) groups excluding carboxylic acids is 2. The van der Waals surface area contributed by atoms with Crippen molar-refractivity contribution in [1.29, 1.82) is 0 Å². The Labute approximate surface area is 257 Å². The third-order valence-corrected chi connectivity index (χ3v) is 9.04. The predicted molar refractivity (Wildman–Crippen MR) is 168 cm³/mol. The highest BCUT2D eigenvalue weighted by molar-refractivity contribution is 6.58. The van der Waals surface area contributed by atoms with Crippen molar-refractivity contribution in [2.45, 2.75) is 38.7 Å². The maximum atomic E-state index is 14.0. The molecule has 2 amide bonds. The Bertz CT molecular complexity index is 1580. The van der Waals surface area contributed by atoms with E-state index in [1.807, 2.05) is 42.5 Å². The van der Waals surface area contributed by atoms with Gasteiger partial charge in [0, 0.05) is 5.92 Å². The van der Waals surface area contributed by atoms with Crippen LogP contribution in [-0.2, 0) is 14.3 Å². The molecule has 1 aliphatic carbocycles. The Morgan fingerprint density at radius 2 is 1.77 bits per heavy atom. The van der Waals surface area contributed by atoms with Crippen LogP contribution < -0.4 is 15.1 Å². The van der Waals surface area contributed by atoms with E-state index in [2.05, 4.69) is 13.0 Å². The fourth-order valence-corrected chi connectivity index (χ4v) is 6.85. The third kappa shape index (κ3) is 5.95. The number of allylic oxidation sites excluding steroid dienone is 1. The number of phenolic OH excluding ortho intramolecular Hbond substituents is 1. The van der Waals surface area contributed by atoms with E-state index in [0.717, 1.165) is 41.7 Å². The zero-order valence-electron chi connectivity index (χ0n) is 24.6. The number of hydrogen-bond donors (Lipinski definition) is 3. The number of rotatable bonds is 10. The van der Waals surface area contributed by atoms with Crippen LogP contribution in [0.4, 0.5) is 5.69 Å². The molecule has 0 radical (unpaired) electrons. The van der Waals surface area contributed by atoms with Crippen LogP contribution in [-0.4, -0.2) is 53.4 Å². The first-order chi connectivity index (χ1) is 21.3. The number of benzene rings is 3. The SMILES string of the molecule is CC/C(=C\c1ccc(O)cc1)CC[C@H]1OC[C@H]2C1=C(COc1ccccc1)C[C@H]1C(=O)N(c3cccc(B(O)O)c3)C(=O)[C@H]12. The molecule has 226 valence electrons. The number of carbonyl (C=O) groups is 2. The van der Waals surface area contributed by atoms with Gasteiger partial charge in [-0.05, 0) is 84.3 Å². The van der Waals surface area contributed by atoms with Crippen LogP contribution in [0.15, 0.2) is 95.6 Å². The highest BCUT2D eigenvalue weighted by atomic mass is 16.5. The van der Waals surface area contributed by atoms with Gasteiger partial charge in [-0.2, -0.15) is 0 Å². The van der Waals surface area contributed by atoms with Gasteiger partial charge < -0.3 is 24.6 Å². The van der Waals surface area contributed by atoms with Crippen molar-refractivity contribution in [2.75, 3.05) is 18.1 Å². The molecule has 3 aromatic rings. The average molecular weight is 593 g/mol. The molecule has 0 bridgehead atoms. The fourth-order valence-electron chi connectivity index (χ4n) is 6.85. The molecule has 9 heteroatoms. The van der Waals surface area contributed by atoms with E-state index in [-0.39, 0.29) is 35.0 Å². The highest BCUT2D eigenvalue weighted by Crippen LogP contribution is 2.50. The van der Waals surface area contributed by atoms with E-state index in [9.17, 15) is 24.7 Å². The molecule has 2 saturated heterocycles. The number of nitrogens with zero attached hydrogens (tertiary/aromatic N) is 1. The summed E-state index contributed by atoms with van der Waals surface area (Å²) in [5, 5.41) is 29.0. The average Bonchev–Trinajstić information content (AvgIpc) is 3.57. The van der Waals surface area contributed by atoms with E-state index >= 15 is 0 Å². The molecule has 2 aliphatic heterocycles. The van der Waals surface area contributed by atoms with Gasteiger partial charge in [-0.1, -0.05) is 61.0 Å². The second-order valence-electron chi connectivity index (χ2n) is 11.7. The van der Waals surface area contributed by atoms with E-state index in [4.69, 9.17) is 9.47 Å². The van der Waals surface area contributed by atoms with Crippen molar-refractivity contribution >= 4 is 36.2 Å². The maximum absolute atomic E-state index is 14.0. The van der Waals surface area contributed by atoms with Gasteiger partial charge in [0.05, 0.1) is 30.2 Å². The van der Waals surface area contributed by atoms with Gasteiger partial charge in [0.25, 0.3) is 0 Å². The Hall–Kier alpha value is -4.18. The predicted octanol–water partition coefficient (Wildman–Crippen LogP) is 4.25. The zero-order chi connectivity index (χ0) is 30.8. The largest absolute Gasteiger partial charge is 0.508 e. The summed E-state index contributed by atoms with van der Waals surface area (Å²) >= 11 is 0. The van der Waals surface area contributed by atoms with Crippen LogP contribution in [0.25, 0.3) is 6.08 Å². The lowest BCUT2D eigenvalue weighted by Crippen LogP contribution is -2.36. The number of fused-ring (bicyclic) bond motifs is 3. The number of anilines is 1. The quantitative estimate of drug-likeness (QED) is 0.183. The Morgan fingerprint density at radius 3 is 2.50 bits per heavy atom. The molecule has 3 aromatic carbocycles. The second-order valence-corrected chi connectivity index (χ2v) is 11.7. The van der Waals surface area contributed by atoms with Gasteiger partial charge in [-0.3, -0.25) is 14.5 Å². The lowest BCUT2D eigenvalue weighted by Gasteiger charge is -2.31. The summed E-state index contributed by atoms with van der Waals surface area (Å²) in [6.45, 7) is 2.77. The van der Waals surface area contributed by atoms with E-state index in [0.29, 0.717) is 25.3 Å². The number of imide groups is 1. The molecule has 8 nitrogen and oxygen atoms in total. The van der Waals surface area contributed by atoms with E-state index in [1.165, 1.54) is 16.5 Å². The number of para-hydroxylation sites is 1. The minimum Gasteiger partial charge on any atom is -0.508 e. The fraction of sp³-hybridized carbons (Fsp3) is 0.314. The molecule has 2 fully saturated rings. The minimum absolute atomic E-state index is 0.199. The van der Waals surface area contributed by atoms with Gasteiger partial charge in [-0.25, -0.2) is 0 Å². The number of aromatic hydroxyl groups is 1. The number of hydrogen-bond acceptors (Lipinski definition) is 7. The summed E-state index contributed by atoms with van der Waals surface area (Å²) in [6.07, 6.45) is 4.75. The van der Waals surface area contributed by atoms with Crippen LogP contribution in [0, 0.1) is 17.8 Å². The number of phenols is 1. The van der Waals surface area contributed by atoms with E-state index in [1.54, 1.807) is 30.3 Å². The molecule has 44 heavy (non-hydrogen) atoms. The molecular formula is C35H36BNO7. The van der Waals surface area contributed by atoms with Crippen molar-refractivity contribution in [3.8, 4) is 11.5 Å². The van der Waals surface area contributed by atoms with Crippen molar-refractivity contribution in [3.63, 3.8) is 0 Å². The summed E-state index contributed by atoms with van der Waals surface area (Å²) in [4.78, 5) is 29.0. The normalized spacial score (nSPS) is 23.2. The van der Waals surface area contributed by atoms with Gasteiger partial charge >= 0.3 is 7.12 Å². The molecular weight excluding hydrogens is 557 g/mol. The van der Waals surface area contributed by atoms with E-state index < -0.39 is 19.0 Å². The highest BCUT2D eigenvalue weighted by Gasteiger charge is 2.57. The smallest absolute Gasteiger partial charge is 0.488 e. The summed E-state index contributed by atoms with van der Waals surface area (Å²) in [7, 11) is -1.71. The van der Waals surface area contributed by atoms with Gasteiger partial charge in [-0.15, -0.1) is 0 Å². The zero-order valence-corrected chi connectivity index (χ0v) is 24.6. The Morgan fingerprint density at radius 1 is 1.00 bits per heavy atom. The monoisotopic (exact) mass is 593 g/mol. The van der Waals surface area contributed by atoms with Crippen LogP contribution in [0.3, 0.4) is 0 Å². The lowest BCUT2D eigenvalue weighted by atomic mass is 9.69. The van der Waals surface area contributed by atoms with Crippen molar-refractivity contribution in [2.24, 2.45) is 17.8 Å². The van der Waals surface area contributed by atoms with Crippen LogP contribution in [0.2, 0.25) is 0 Å². The Kier molecular flexibility index (Phi) is 8.71. The van der Waals surface area contributed by atoms with Crippen molar-refractivity contribution in [1.82, 2.24) is 0 Å². The summed E-state index contributed by atoms with van der Waals surface area (Å²) in [5.41, 5.74) is 4.91. The standard InChI is InChI=1S/C35H36BNO7/c1-2-22(17-23-11-14-27(38)15-12-23)13-16-31-32-24(20-43-28-9-4-3-5-10-28)18-29-33(30(32)21-44-31)35(40)37(34(29)39)26-8-6-7-25(19-26)36(41)42/h3-12,14-15,17,19,29-31,33,38,41-42H,2,13,16,18,20-21H2,1H3/b22-17+/t29-,30+,31-,33-/m1/s1. The molecule has 2 heterocycles. The molecule has 0 spiro atoms. The summed E-state index contributed by atoms with van der Waals surface area (Å²) < 4.78 is 12.6. The molecule has 3 aliphatic rings. The van der Waals surface area contributed by atoms with Crippen molar-refractivity contribution in [3.05, 3.63) is 101 Å². The van der Waals surface area contributed by atoms with Crippen LogP contribution in [0.1, 0.15) is 38.2 Å². The maximum Gasteiger partial charge on any atom is 0.488 e.